The average Bonchev–Trinajstić information content (AvgIpc) is 2.91. The van der Waals surface area contributed by atoms with E-state index in [0.29, 0.717) is 16.3 Å². The van der Waals surface area contributed by atoms with Gasteiger partial charge in [-0.3, -0.25) is 9.59 Å². The van der Waals surface area contributed by atoms with Crippen LogP contribution in [-0.4, -0.2) is 12.5 Å². The van der Waals surface area contributed by atoms with Crippen molar-refractivity contribution < 1.29 is 31.9 Å². The van der Waals surface area contributed by atoms with Crippen molar-refractivity contribution in [1.29, 1.82) is 0 Å². The van der Waals surface area contributed by atoms with E-state index in [2.05, 4.69) is 5.32 Å². The summed E-state index contributed by atoms with van der Waals surface area (Å²) in [4.78, 5) is 25.4. The van der Waals surface area contributed by atoms with Gasteiger partial charge in [-0.05, 0) is 59.7 Å². The van der Waals surface area contributed by atoms with Crippen molar-refractivity contribution in [2.75, 3.05) is 11.9 Å². The van der Waals surface area contributed by atoms with E-state index >= 15 is 0 Å². The Morgan fingerprint density at radius 3 is 2.46 bits per heavy atom. The molecule has 5 rings (SSSR count). The number of carbonyl (C=O) groups excluding carboxylic acids is 1. The lowest BCUT2D eigenvalue weighted by Crippen LogP contribution is -2.20. The molecular weight excluding hydrogens is 535 g/mol. The number of carbonyl (C=O) groups is 1. The second-order valence-corrected chi connectivity index (χ2v) is 9.01. The summed E-state index contributed by atoms with van der Waals surface area (Å²) in [6.45, 7) is 1.29. The highest BCUT2D eigenvalue weighted by atomic mass is 35.5. The quantitative estimate of drug-likeness (QED) is 0.233. The van der Waals surface area contributed by atoms with Crippen LogP contribution in [0, 0.1) is 6.92 Å². The number of anilines is 1. The highest BCUT2D eigenvalue weighted by molar-refractivity contribution is 6.31. The molecule has 1 amide bonds. The van der Waals surface area contributed by atoms with Crippen molar-refractivity contribution in [2.24, 2.45) is 0 Å². The van der Waals surface area contributed by atoms with Crippen LogP contribution in [0.25, 0.3) is 21.7 Å². The van der Waals surface area contributed by atoms with Gasteiger partial charge in [-0.15, -0.1) is 0 Å². The van der Waals surface area contributed by atoms with E-state index in [1.165, 1.54) is 24.3 Å². The summed E-state index contributed by atoms with van der Waals surface area (Å²) < 4.78 is 57.8. The molecule has 1 heterocycles. The molecule has 5 aromatic rings. The Morgan fingerprint density at radius 1 is 0.949 bits per heavy atom. The molecule has 1 aromatic heterocycles. The number of alkyl halides is 3. The maximum atomic E-state index is 13.9. The fourth-order valence-electron chi connectivity index (χ4n) is 3.95. The third-order valence-corrected chi connectivity index (χ3v) is 6.34. The van der Waals surface area contributed by atoms with E-state index in [-0.39, 0.29) is 22.5 Å². The Labute approximate surface area is 224 Å². The zero-order valence-corrected chi connectivity index (χ0v) is 21.0. The molecule has 0 aliphatic rings. The van der Waals surface area contributed by atoms with Gasteiger partial charge in [0, 0.05) is 16.8 Å². The number of hydrogen-bond donors (Lipinski definition) is 1. The van der Waals surface area contributed by atoms with Crippen LogP contribution in [0.5, 0.6) is 17.2 Å². The third kappa shape index (κ3) is 5.53. The first-order valence-electron chi connectivity index (χ1n) is 11.6. The number of fused-ring (bicyclic) bond motifs is 2. The predicted molar refractivity (Wildman–Crippen MR) is 142 cm³/mol. The normalized spacial score (nSPS) is 11.5. The topological polar surface area (TPSA) is 77.8 Å². The first kappa shape index (κ1) is 26.1. The Bertz CT molecular complexity index is 1780. The summed E-state index contributed by atoms with van der Waals surface area (Å²) >= 11 is 6.06. The van der Waals surface area contributed by atoms with Gasteiger partial charge < -0.3 is 19.2 Å². The van der Waals surface area contributed by atoms with Gasteiger partial charge in [0.2, 0.25) is 11.2 Å². The van der Waals surface area contributed by atoms with E-state index in [1.807, 2.05) is 12.1 Å². The number of rotatable bonds is 6. The molecule has 0 unspecified atom stereocenters. The maximum absolute atomic E-state index is 13.9. The van der Waals surface area contributed by atoms with Gasteiger partial charge in [0.1, 0.15) is 17.1 Å². The van der Waals surface area contributed by atoms with Crippen LogP contribution in [-0.2, 0) is 11.0 Å². The van der Waals surface area contributed by atoms with Gasteiger partial charge in [-0.2, -0.15) is 13.2 Å². The van der Waals surface area contributed by atoms with Gasteiger partial charge in [-0.1, -0.05) is 48.0 Å². The second kappa shape index (κ2) is 10.3. The molecule has 0 fully saturated rings. The maximum Gasteiger partial charge on any atom is 0.453 e. The molecule has 0 aliphatic heterocycles. The van der Waals surface area contributed by atoms with Gasteiger partial charge in [-0.25, -0.2) is 0 Å². The molecule has 1 N–H and O–H groups in total. The Morgan fingerprint density at radius 2 is 1.69 bits per heavy atom. The molecule has 39 heavy (non-hydrogen) atoms. The van der Waals surface area contributed by atoms with Crippen LogP contribution < -0.4 is 20.2 Å². The minimum Gasteiger partial charge on any atom is -0.484 e. The van der Waals surface area contributed by atoms with Crippen molar-refractivity contribution in [3.8, 4) is 17.2 Å². The molecule has 0 atom stereocenters. The van der Waals surface area contributed by atoms with E-state index in [0.717, 1.165) is 16.8 Å². The van der Waals surface area contributed by atoms with E-state index < -0.39 is 35.6 Å². The van der Waals surface area contributed by atoms with Crippen molar-refractivity contribution in [1.82, 2.24) is 0 Å². The zero-order chi connectivity index (χ0) is 27.7. The zero-order valence-electron chi connectivity index (χ0n) is 20.3. The van der Waals surface area contributed by atoms with Crippen LogP contribution in [0.2, 0.25) is 5.02 Å². The minimum atomic E-state index is -5.02. The van der Waals surface area contributed by atoms with Crippen LogP contribution in [0.3, 0.4) is 0 Å². The van der Waals surface area contributed by atoms with Gasteiger partial charge in [0.15, 0.2) is 6.61 Å². The summed E-state index contributed by atoms with van der Waals surface area (Å²) in [5.74, 6) is -3.00. The van der Waals surface area contributed by atoms with Crippen molar-refractivity contribution in [3.05, 3.63) is 105 Å². The number of ether oxygens (including phenoxy) is 2. The molecule has 4 aromatic carbocycles. The molecular formula is C29H19ClF3NO5. The Kier molecular flexibility index (Phi) is 6.93. The molecule has 0 saturated carbocycles. The second-order valence-electron chi connectivity index (χ2n) is 8.61. The van der Waals surface area contributed by atoms with Crippen LogP contribution in [0.1, 0.15) is 11.3 Å². The lowest BCUT2D eigenvalue weighted by Gasteiger charge is -2.14. The van der Waals surface area contributed by atoms with E-state index in [1.54, 1.807) is 43.3 Å². The highest BCUT2D eigenvalue weighted by Gasteiger charge is 2.40. The number of amides is 1. The van der Waals surface area contributed by atoms with Gasteiger partial charge >= 0.3 is 6.18 Å². The summed E-state index contributed by atoms with van der Waals surface area (Å²) in [5, 5.41) is 4.56. The van der Waals surface area contributed by atoms with Crippen LogP contribution in [0.15, 0.2) is 88.1 Å². The van der Waals surface area contributed by atoms with Crippen molar-refractivity contribution >= 4 is 44.9 Å². The summed E-state index contributed by atoms with van der Waals surface area (Å²) in [7, 11) is 0. The molecule has 198 valence electrons. The van der Waals surface area contributed by atoms with Crippen LogP contribution in [0.4, 0.5) is 18.9 Å². The van der Waals surface area contributed by atoms with Gasteiger partial charge in [0.25, 0.3) is 11.7 Å². The molecule has 6 nitrogen and oxygen atoms in total. The van der Waals surface area contributed by atoms with E-state index in [4.69, 9.17) is 25.5 Å². The number of nitrogens with one attached hydrogen (secondary N) is 1. The Balaban J connectivity index is 1.42. The molecule has 0 radical (unpaired) electrons. The third-order valence-electron chi connectivity index (χ3n) is 5.93. The summed E-state index contributed by atoms with van der Waals surface area (Å²) in [5.41, 5.74) is -0.213. The SMILES string of the molecule is Cc1c(Cl)cccc1NC(=O)COc1ccc2c(=O)c(Oc3ccc4ccccc4c3)c(C(F)(F)F)oc2c1. The molecule has 0 bridgehead atoms. The minimum absolute atomic E-state index is 0.0277. The molecule has 0 spiro atoms. The van der Waals surface area contributed by atoms with E-state index in [9.17, 15) is 22.8 Å². The number of benzene rings is 4. The average molecular weight is 554 g/mol. The molecule has 10 heteroatoms. The molecule has 0 saturated heterocycles. The smallest absolute Gasteiger partial charge is 0.453 e. The van der Waals surface area contributed by atoms with Crippen LogP contribution >= 0.6 is 11.6 Å². The largest absolute Gasteiger partial charge is 0.484 e. The Hall–Kier alpha value is -4.50. The van der Waals surface area contributed by atoms with Gasteiger partial charge in [0.05, 0.1) is 5.39 Å². The fourth-order valence-corrected chi connectivity index (χ4v) is 4.13. The van der Waals surface area contributed by atoms with Crippen molar-refractivity contribution in [2.45, 2.75) is 13.1 Å². The number of halogens is 4. The predicted octanol–water partition coefficient (Wildman–Crippen LogP) is 7.74. The monoisotopic (exact) mass is 553 g/mol. The van der Waals surface area contributed by atoms with Crippen molar-refractivity contribution in [3.63, 3.8) is 0 Å². The first-order valence-corrected chi connectivity index (χ1v) is 12.0. The lowest BCUT2D eigenvalue weighted by atomic mass is 10.1. The fraction of sp³-hybridized carbons (Fsp3) is 0.103. The standard InChI is InChI=1S/C29H19ClF3NO5/c1-16-22(30)7-4-8-23(16)34-25(35)15-37-19-11-12-21-24(14-19)39-28(29(31,32)33)27(26(21)36)38-20-10-9-17-5-2-3-6-18(17)13-20/h2-14H,15H2,1H3,(H,34,35). The number of hydrogen-bond acceptors (Lipinski definition) is 5. The molecule has 0 aliphatic carbocycles. The highest BCUT2D eigenvalue weighted by Crippen LogP contribution is 2.39. The lowest BCUT2D eigenvalue weighted by molar-refractivity contribution is -0.154. The summed E-state index contributed by atoms with van der Waals surface area (Å²) in [6, 6.07) is 20.6. The first-order chi connectivity index (χ1) is 18.6. The summed E-state index contributed by atoms with van der Waals surface area (Å²) in [6.07, 6.45) is -5.02.